The maximum absolute atomic E-state index is 13.1. The number of aryl methyl sites for hydroxylation is 1. The second-order valence-corrected chi connectivity index (χ2v) is 8.83. The highest BCUT2D eigenvalue weighted by Crippen LogP contribution is 2.37. The summed E-state index contributed by atoms with van der Waals surface area (Å²) in [6.45, 7) is 3.90. The minimum atomic E-state index is -0.421. The minimum Gasteiger partial charge on any atom is -0.497 e. The summed E-state index contributed by atoms with van der Waals surface area (Å²) in [7, 11) is 1.59. The number of nitro benzene ring substituents is 1. The molecule has 1 aliphatic heterocycles. The first-order valence-electron chi connectivity index (χ1n) is 9.66. The van der Waals surface area contributed by atoms with Crippen molar-refractivity contribution in [2.45, 2.75) is 13.8 Å². The molecule has 7 nitrogen and oxygen atoms in total. The number of thioether (sulfide) groups is 1. The van der Waals surface area contributed by atoms with Crippen molar-refractivity contribution in [3.63, 3.8) is 0 Å². The van der Waals surface area contributed by atoms with Crippen LogP contribution in [0, 0.1) is 24.0 Å². The van der Waals surface area contributed by atoms with Gasteiger partial charge in [-0.25, -0.2) is 0 Å². The molecule has 4 rings (SSSR count). The summed E-state index contributed by atoms with van der Waals surface area (Å²) < 4.78 is 7.65. The van der Waals surface area contributed by atoms with E-state index in [1.165, 1.54) is 28.8 Å². The minimum absolute atomic E-state index is 0.0404. The molecule has 0 N–H and O–H groups in total. The first-order valence-corrected chi connectivity index (χ1v) is 10.9. The Kier molecular flexibility index (Phi) is 5.86. The van der Waals surface area contributed by atoms with E-state index in [1.807, 2.05) is 30.6 Å². The molecule has 1 amide bonds. The zero-order valence-corrected chi connectivity index (χ0v) is 19.2. The van der Waals surface area contributed by atoms with E-state index in [0.717, 1.165) is 22.6 Å². The molecule has 0 radical (unpaired) electrons. The maximum atomic E-state index is 13.1. The topological polar surface area (TPSA) is 77.6 Å². The fourth-order valence-electron chi connectivity index (χ4n) is 3.62. The van der Waals surface area contributed by atoms with Gasteiger partial charge < -0.3 is 9.30 Å². The first-order chi connectivity index (χ1) is 15.3. The van der Waals surface area contributed by atoms with Gasteiger partial charge in [0.1, 0.15) is 5.75 Å². The number of nitro groups is 1. The smallest absolute Gasteiger partial charge is 0.270 e. The number of hydrogen-bond acceptors (Lipinski definition) is 6. The van der Waals surface area contributed by atoms with Gasteiger partial charge in [-0.05, 0) is 68.0 Å². The fourth-order valence-corrected chi connectivity index (χ4v) is 4.91. The lowest BCUT2D eigenvalue weighted by atomic mass is 10.2. The maximum Gasteiger partial charge on any atom is 0.270 e. The van der Waals surface area contributed by atoms with E-state index in [2.05, 4.69) is 0 Å². The number of amides is 1. The molecule has 0 spiro atoms. The number of non-ortho nitro benzene ring substituents is 1. The third kappa shape index (κ3) is 3.92. The van der Waals surface area contributed by atoms with E-state index in [-0.39, 0.29) is 11.6 Å². The summed E-state index contributed by atoms with van der Waals surface area (Å²) in [4.78, 5) is 25.7. The Bertz CT molecular complexity index is 1260. The van der Waals surface area contributed by atoms with Crippen LogP contribution in [-0.4, -0.2) is 26.8 Å². The van der Waals surface area contributed by atoms with Gasteiger partial charge in [-0.3, -0.25) is 19.8 Å². The molecule has 0 aliphatic carbocycles. The number of methoxy groups -OCH3 is 1. The Morgan fingerprint density at radius 3 is 2.28 bits per heavy atom. The number of ether oxygens (including phenoxy) is 1. The molecule has 0 unspecified atom stereocenters. The number of carbonyl (C=O) groups is 1. The largest absolute Gasteiger partial charge is 0.497 e. The lowest BCUT2D eigenvalue weighted by Gasteiger charge is -2.14. The highest BCUT2D eigenvalue weighted by molar-refractivity contribution is 8.27. The predicted octanol–water partition coefficient (Wildman–Crippen LogP) is 5.42. The summed E-state index contributed by atoms with van der Waals surface area (Å²) in [6, 6.07) is 15.5. The first kappa shape index (κ1) is 21.8. The summed E-state index contributed by atoms with van der Waals surface area (Å²) in [5.41, 5.74) is 4.30. The number of nitrogens with zero attached hydrogens (tertiary/aromatic N) is 3. The number of thiocarbonyl (C=S) groups is 1. The van der Waals surface area contributed by atoms with Crippen molar-refractivity contribution in [3.05, 3.63) is 86.6 Å². The van der Waals surface area contributed by atoms with Crippen molar-refractivity contribution < 1.29 is 14.5 Å². The van der Waals surface area contributed by atoms with Crippen LogP contribution in [0.1, 0.15) is 17.0 Å². The molecule has 162 valence electrons. The van der Waals surface area contributed by atoms with Crippen LogP contribution >= 0.6 is 24.0 Å². The van der Waals surface area contributed by atoms with Crippen molar-refractivity contribution in [2.24, 2.45) is 0 Å². The molecule has 1 saturated heterocycles. The van der Waals surface area contributed by atoms with Crippen LogP contribution < -0.4 is 9.64 Å². The Balaban J connectivity index is 1.65. The van der Waals surface area contributed by atoms with Gasteiger partial charge in [0.15, 0.2) is 4.32 Å². The van der Waals surface area contributed by atoms with Crippen LogP contribution in [0.2, 0.25) is 0 Å². The predicted molar refractivity (Wildman–Crippen MR) is 131 cm³/mol. The molecular formula is C23H19N3O4S2. The Hall–Kier alpha value is -3.43. The zero-order chi connectivity index (χ0) is 23.0. The molecule has 32 heavy (non-hydrogen) atoms. The van der Waals surface area contributed by atoms with Crippen LogP contribution in [0.15, 0.2) is 59.5 Å². The second kappa shape index (κ2) is 8.60. The van der Waals surface area contributed by atoms with Gasteiger partial charge in [-0.2, -0.15) is 0 Å². The summed E-state index contributed by atoms with van der Waals surface area (Å²) in [5, 5.41) is 10.9. The molecule has 2 aromatic carbocycles. The number of aromatic nitrogens is 1. The van der Waals surface area contributed by atoms with Crippen LogP contribution in [0.4, 0.5) is 11.4 Å². The molecule has 0 bridgehead atoms. The molecule has 1 aromatic heterocycles. The van der Waals surface area contributed by atoms with Crippen LogP contribution in [0.25, 0.3) is 11.8 Å². The van der Waals surface area contributed by atoms with Crippen molar-refractivity contribution in [2.75, 3.05) is 12.0 Å². The average molecular weight is 466 g/mol. The van der Waals surface area contributed by atoms with E-state index in [9.17, 15) is 14.9 Å². The fraction of sp³-hybridized carbons (Fsp3) is 0.130. The average Bonchev–Trinajstić information content (AvgIpc) is 3.22. The van der Waals surface area contributed by atoms with Crippen LogP contribution in [0.3, 0.4) is 0 Å². The second-order valence-electron chi connectivity index (χ2n) is 7.15. The van der Waals surface area contributed by atoms with Gasteiger partial charge in [0.2, 0.25) is 0 Å². The van der Waals surface area contributed by atoms with E-state index < -0.39 is 4.92 Å². The number of carbonyl (C=O) groups excluding carboxylic acids is 1. The number of rotatable bonds is 5. The van der Waals surface area contributed by atoms with Gasteiger partial charge in [0.25, 0.3) is 11.6 Å². The quantitative estimate of drug-likeness (QED) is 0.217. The monoisotopic (exact) mass is 465 g/mol. The Labute approximate surface area is 194 Å². The number of hydrogen-bond donors (Lipinski definition) is 0. The molecule has 0 atom stereocenters. The Morgan fingerprint density at radius 2 is 1.69 bits per heavy atom. The molecule has 3 aromatic rings. The Morgan fingerprint density at radius 1 is 1.06 bits per heavy atom. The highest BCUT2D eigenvalue weighted by Gasteiger charge is 2.33. The lowest BCUT2D eigenvalue weighted by molar-refractivity contribution is -0.384. The van der Waals surface area contributed by atoms with Crippen molar-refractivity contribution in [1.29, 1.82) is 0 Å². The van der Waals surface area contributed by atoms with Gasteiger partial charge in [-0.1, -0.05) is 24.0 Å². The molecular weight excluding hydrogens is 446 g/mol. The van der Waals surface area contributed by atoms with E-state index >= 15 is 0 Å². The lowest BCUT2D eigenvalue weighted by Crippen LogP contribution is -2.27. The highest BCUT2D eigenvalue weighted by atomic mass is 32.2. The summed E-state index contributed by atoms with van der Waals surface area (Å²) in [5.74, 6) is 0.527. The molecule has 2 heterocycles. The van der Waals surface area contributed by atoms with Crippen molar-refractivity contribution in [1.82, 2.24) is 4.57 Å². The van der Waals surface area contributed by atoms with Crippen LogP contribution in [-0.2, 0) is 4.79 Å². The van der Waals surface area contributed by atoms with Gasteiger partial charge in [0.05, 0.1) is 22.6 Å². The molecule has 1 fully saturated rings. The number of anilines is 1. The van der Waals surface area contributed by atoms with Gasteiger partial charge in [0, 0.05) is 29.2 Å². The van der Waals surface area contributed by atoms with Crippen LogP contribution in [0.5, 0.6) is 5.75 Å². The third-order valence-corrected chi connectivity index (χ3v) is 6.50. The van der Waals surface area contributed by atoms with Gasteiger partial charge in [-0.15, -0.1) is 0 Å². The number of benzene rings is 2. The van der Waals surface area contributed by atoms with Crippen molar-refractivity contribution >= 4 is 51.7 Å². The molecule has 9 heteroatoms. The van der Waals surface area contributed by atoms with E-state index in [1.54, 1.807) is 43.5 Å². The van der Waals surface area contributed by atoms with Gasteiger partial charge >= 0.3 is 0 Å². The third-order valence-electron chi connectivity index (χ3n) is 5.20. The standard InChI is InChI=1S/C23H19N3O4S2/c1-14-12-16(15(2)24(14)17-4-6-19(7-5-17)26(28)29)13-21-22(27)25(23(31)32-21)18-8-10-20(30-3)11-9-18/h4-13H,1-3H3/b21-13+. The summed E-state index contributed by atoms with van der Waals surface area (Å²) >= 11 is 6.72. The van der Waals surface area contributed by atoms with E-state index in [0.29, 0.717) is 20.7 Å². The zero-order valence-electron chi connectivity index (χ0n) is 17.6. The van der Waals surface area contributed by atoms with Crippen molar-refractivity contribution in [3.8, 4) is 11.4 Å². The molecule has 1 aliphatic rings. The summed E-state index contributed by atoms with van der Waals surface area (Å²) in [6.07, 6.45) is 1.84. The SMILES string of the molecule is COc1ccc(N2C(=O)/C(=C\c3cc(C)n(-c4ccc([N+](=O)[O-])cc4)c3C)SC2=S)cc1. The van der Waals surface area contributed by atoms with E-state index in [4.69, 9.17) is 17.0 Å². The molecule has 0 saturated carbocycles. The normalized spacial score (nSPS) is 15.0.